The first kappa shape index (κ1) is 13.0. The molecule has 0 aliphatic rings. The van der Waals surface area contributed by atoms with Gasteiger partial charge in [0.15, 0.2) is 5.69 Å². The van der Waals surface area contributed by atoms with Crippen molar-refractivity contribution in [2.45, 2.75) is 19.4 Å². The number of anilines is 1. The molecule has 0 saturated carbocycles. The van der Waals surface area contributed by atoms with Crippen LogP contribution < -0.4 is 5.73 Å². The molecule has 0 aliphatic carbocycles. The molecule has 0 bridgehead atoms. The molecule has 2 aromatic rings. The molecule has 7 nitrogen and oxygen atoms in total. The summed E-state index contributed by atoms with van der Waals surface area (Å²) in [6, 6.07) is 6.79. The second-order valence-corrected chi connectivity index (χ2v) is 4.15. The first-order valence-corrected chi connectivity index (χ1v) is 5.62. The van der Waals surface area contributed by atoms with Gasteiger partial charge in [-0.05, 0) is 13.0 Å². The summed E-state index contributed by atoms with van der Waals surface area (Å²) in [7, 11) is 0. The average molecular weight is 263 g/mol. The van der Waals surface area contributed by atoms with Gasteiger partial charge >= 0.3 is 5.69 Å². The number of aliphatic hydroxyl groups is 1. The molecule has 0 saturated heterocycles. The molecule has 100 valence electrons. The number of aliphatic hydroxyl groups excluding tert-OH is 1. The second-order valence-electron chi connectivity index (χ2n) is 4.15. The van der Waals surface area contributed by atoms with Crippen molar-refractivity contribution < 1.29 is 14.6 Å². The number of hydrogen-bond donors (Lipinski definition) is 2. The molecule has 1 atom stereocenters. The molecule has 2 rings (SSSR count). The van der Waals surface area contributed by atoms with Crippen LogP contribution in [0.2, 0.25) is 0 Å². The topological polar surface area (TPSA) is 115 Å². The summed E-state index contributed by atoms with van der Waals surface area (Å²) in [6.45, 7) is 1.48. The monoisotopic (exact) mass is 263 g/mol. The van der Waals surface area contributed by atoms with Crippen molar-refractivity contribution in [2.24, 2.45) is 0 Å². The summed E-state index contributed by atoms with van der Waals surface area (Å²) >= 11 is 0. The number of nitrogen functional groups attached to an aromatic ring is 1. The van der Waals surface area contributed by atoms with E-state index < -0.39 is 11.0 Å². The van der Waals surface area contributed by atoms with Crippen molar-refractivity contribution in [1.29, 1.82) is 0 Å². The van der Waals surface area contributed by atoms with E-state index in [1.807, 2.05) is 0 Å². The molecule has 0 aliphatic heterocycles. The van der Waals surface area contributed by atoms with Crippen molar-refractivity contribution in [1.82, 2.24) is 5.16 Å². The highest BCUT2D eigenvalue weighted by atomic mass is 16.6. The normalized spacial score (nSPS) is 12.3. The summed E-state index contributed by atoms with van der Waals surface area (Å²) in [5.74, 6) is 0.0400. The van der Waals surface area contributed by atoms with E-state index in [0.717, 1.165) is 0 Å². The fourth-order valence-electron chi connectivity index (χ4n) is 1.88. The van der Waals surface area contributed by atoms with Gasteiger partial charge in [0, 0.05) is 17.7 Å². The van der Waals surface area contributed by atoms with E-state index in [4.69, 9.17) is 10.3 Å². The Bertz CT molecular complexity index is 609. The predicted octanol–water partition coefficient (Wildman–Crippen LogP) is 1.75. The zero-order valence-corrected chi connectivity index (χ0v) is 10.2. The first-order valence-electron chi connectivity index (χ1n) is 5.62. The number of aryl methyl sites for hydroxylation is 1. The molecule has 0 spiro atoms. The van der Waals surface area contributed by atoms with Gasteiger partial charge in [-0.2, -0.15) is 0 Å². The van der Waals surface area contributed by atoms with Gasteiger partial charge in [-0.15, -0.1) is 0 Å². The number of nitrogens with two attached hydrogens (primary N) is 1. The Morgan fingerprint density at radius 2 is 2.21 bits per heavy atom. The second kappa shape index (κ2) is 5.07. The number of benzene rings is 1. The number of nitro groups is 1. The Labute approximate surface area is 108 Å². The highest BCUT2D eigenvalue weighted by molar-refractivity contribution is 5.48. The van der Waals surface area contributed by atoms with Crippen LogP contribution in [0.15, 0.2) is 28.8 Å². The Hall–Kier alpha value is -2.41. The molecule has 1 aromatic heterocycles. The zero-order valence-electron chi connectivity index (χ0n) is 10.2. The van der Waals surface area contributed by atoms with E-state index in [1.165, 1.54) is 6.92 Å². The Balaban J connectivity index is 2.27. The van der Waals surface area contributed by atoms with Gasteiger partial charge in [-0.25, -0.2) is 0 Å². The van der Waals surface area contributed by atoms with Crippen molar-refractivity contribution in [2.75, 3.05) is 5.73 Å². The third-order valence-electron chi connectivity index (χ3n) is 2.82. The lowest BCUT2D eigenvalue weighted by molar-refractivity contribution is -0.386. The van der Waals surface area contributed by atoms with Crippen LogP contribution in [-0.4, -0.2) is 15.2 Å². The Kier molecular flexibility index (Phi) is 3.48. The zero-order chi connectivity index (χ0) is 14.0. The molecule has 19 heavy (non-hydrogen) atoms. The maximum atomic E-state index is 10.9. The highest BCUT2D eigenvalue weighted by Gasteiger charge is 2.26. The fourth-order valence-corrected chi connectivity index (χ4v) is 1.88. The first-order chi connectivity index (χ1) is 9.00. The lowest BCUT2D eigenvalue weighted by Gasteiger charge is -2.11. The number of rotatable bonds is 4. The van der Waals surface area contributed by atoms with Crippen LogP contribution in [0.25, 0.3) is 0 Å². The molecule has 3 N–H and O–H groups in total. The van der Waals surface area contributed by atoms with Gasteiger partial charge in [-0.1, -0.05) is 23.4 Å². The van der Waals surface area contributed by atoms with E-state index in [1.54, 1.807) is 24.3 Å². The number of aromatic nitrogens is 1. The molecule has 0 radical (unpaired) electrons. The van der Waals surface area contributed by atoms with Crippen LogP contribution >= 0.6 is 0 Å². The average Bonchev–Trinajstić information content (AvgIpc) is 2.70. The van der Waals surface area contributed by atoms with E-state index in [-0.39, 0.29) is 23.6 Å². The van der Waals surface area contributed by atoms with Gasteiger partial charge in [0.25, 0.3) is 0 Å². The highest BCUT2D eigenvalue weighted by Crippen LogP contribution is 2.29. The van der Waals surface area contributed by atoms with E-state index >= 15 is 0 Å². The quantitative estimate of drug-likeness (QED) is 0.493. The molecule has 1 heterocycles. The summed E-state index contributed by atoms with van der Waals surface area (Å²) < 4.78 is 4.90. The lowest BCUT2D eigenvalue weighted by Crippen LogP contribution is -2.06. The van der Waals surface area contributed by atoms with Crippen molar-refractivity contribution in [3.63, 3.8) is 0 Å². The summed E-state index contributed by atoms with van der Waals surface area (Å²) in [4.78, 5) is 10.3. The van der Waals surface area contributed by atoms with Gasteiger partial charge in [0.05, 0.1) is 11.0 Å². The van der Waals surface area contributed by atoms with Crippen LogP contribution in [0.5, 0.6) is 0 Å². The third-order valence-corrected chi connectivity index (χ3v) is 2.82. The molecule has 0 fully saturated rings. The van der Waals surface area contributed by atoms with E-state index in [2.05, 4.69) is 5.16 Å². The van der Waals surface area contributed by atoms with Gasteiger partial charge < -0.3 is 15.4 Å². The predicted molar refractivity (Wildman–Crippen MR) is 67.4 cm³/mol. The van der Waals surface area contributed by atoms with Crippen LogP contribution in [-0.2, 0) is 6.42 Å². The van der Waals surface area contributed by atoms with Crippen LogP contribution in [0.4, 0.5) is 11.4 Å². The van der Waals surface area contributed by atoms with Gasteiger partial charge in [0.2, 0.25) is 5.76 Å². The molecular formula is C12H13N3O4. The van der Waals surface area contributed by atoms with Crippen LogP contribution in [0.1, 0.15) is 23.1 Å². The summed E-state index contributed by atoms with van der Waals surface area (Å²) in [6.07, 6.45) is -1.03. The standard InChI is InChI=1S/C12H13N3O4/c1-7-12(15(17)18)11(19-14-7)6-10(16)8-4-2-3-5-9(8)13/h2-5,10,16H,6,13H2,1H3. The number of hydrogen-bond acceptors (Lipinski definition) is 6. The van der Waals surface area contributed by atoms with Crippen LogP contribution in [0, 0.1) is 17.0 Å². The summed E-state index contributed by atoms with van der Waals surface area (Å²) in [5.41, 5.74) is 6.66. The van der Waals surface area contributed by atoms with E-state index in [0.29, 0.717) is 11.3 Å². The molecule has 1 unspecified atom stereocenters. The number of para-hydroxylation sites is 1. The molecule has 0 amide bonds. The summed E-state index contributed by atoms with van der Waals surface area (Å²) in [5, 5.41) is 24.5. The van der Waals surface area contributed by atoms with Gasteiger partial charge in [0.1, 0.15) is 0 Å². The molecule has 7 heteroatoms. The molecule has 1 aromatic carbocycles. The number of nitrogens with zero attached hydrogens (tertiary/aromatic N) is 2. The van der Waals surface area contributed by atoms with Crippen molar-refractivity contribution >= 4 is 11.4 Å². The SMILES string of the molecule is Cc1noc(CC(O)c2ccccc2N)c1[N+](=O)[O-]. The minimum absolute atomic E-state index is 0.0400. The maximum Gasteiger partial charge on any atom is 0.334 e. The van der Waals surface area contributed by atoms with Crippen molar-refractivity contribution in [3.05, 3.63) is 51.4 Å². The minimum Gasteiger partial charge on any atom is -0.398 e. The fraction of sp³-hybridized carbons (Fsp3) is 0.250. The van der Waals surface area contributed by atoms with Crippen molar-refractivity contribution in [3.8, 4) is 0 Å². The maximum absolute atomic E-state index is 10.9. The lowest BCUT2D eigenvalue weighted by atomic mass is 10.0. The largest absolute Gasteiger partial charge is 0.398 e. The minimum atomic E-state index is -0.979. The smallest absolute Gasteiger partial charge is 0.334 e. The molecular weight excluding hydrogens is 250 g/mol. The van der Waals surface area contributed by atoms with Crippen LogP contribution in [0.3, 0.4) is 0 Å². The van der Waals surface area contributed by atoms with E-state index in [9.17, 15) is 15.2 Å². The van der Waals surface area contributed by atoms with Gasteiger partial charge in [-0.3, -0.25) is 10.1 Å². The third kappa shape index (κ3) is 2.55. The Morgan fingerprint density at radius 1 is 1.53 bits per heavy atom. The Morgan fingerprint density at radius 3 is 2.84 bits per heavy atom.